The van der Waals surface area contributed by atoms with Gasteiger partial charge < -0.3 is 10.1 Å². The Balaban J connectivity index is 2.55. The SMILES string of the molecule is COC(C)CN=C(NN)Nc1ccccc1. The fraction of sp³-hybridized carbons (Fsp3) is 0.364. The van der Waals surface area contributed by atoms with Crippen molar-refractivity contribution in [1.29, 1.82) is 0 Å². The molecule has 0 radical (unpaired) electrons. The highest BCUT2D eigenvalue weighted by Crippen LogP contribution is 2.04. The van der Waals surface area contributed by atoms with E-state index in [1.54, 1.807) is 7.11 Å². The van der Waals surface area contributed by atoms with E-state index in [2.05, 4.69) is 15.7 Å². The first kappa shape index (κ1) is 12.5. The van der Waals surface area contributed by atoms with Crippen LogP contribution in [0.5, 0.6) is 0 Å². The molecule has 1 unspecified atom stereocenters. The maximum atomic E-state index is 5.36. The number of hydrogen-bond donors (Lipinski definition) is 3. The van der Waals surface area contributed by atoms with Crippen molar-refractivity contribution in [3.05, 3.63) is 30.3 Å². The van der Waals surface area contributed by atoms with Crippen LogP contribution in [0.2, 0.25) is 0 Å². The summed E-state index contributed by atoms with van der Waals surface area (Å²) in [6, 6.07) is 9.70. The fourth-order valence-electron chi connectivity index (χ4n) is 1.07. The Morgan fingerprint density at radius 2 is 2.12 bits per heavy atom. The van der Waals surface area contributed by atoms with Crippen LogP contribution in [0.4, 0.5) is 5.69 Å². The molecule has 1 aromatic rings. The Morgan fingerprint density at radius 3 is 2.69 bits per heavy atom. The molecule has 0 spiro atoms. The third kappa shape index (κ3) is 4.29. The van der Waals surface area contributed by atoms with Crippen molar-refractivity contribution in [2.75, 3.05) is 19.0 Å². The number of nitrogens with one attached hydrogen (secondary N) is 2. The van der Waals surface area contributed by atoms with Crippen LogP contribution in [0, 0.1) is 0 Å². The molecule has 0 bridgehead atoms. The van der Waals surface area contributed by atoms with Crippen LogP contribution < -0.4 is 16.6 Å². The van der Waals surface area contributed by atoms with Gasteiger partial charge in [-0.15, -0.1) is 0 Å². The Labute approximate surface area is 95.7 Å². The van der Waals surface area contributed by atoms with Crippen molar-refractivity contribution in [2.45, 2.75) is 13.0 Å². The molecule has 88 valence electrons. The van der Waals surface area contributed by atoms with Crippen LogP contribution >= 0.6 is 0 Å². The molecule has 4 N–H and O–H groups in total. The smallest absolute Gasteiger partial charge is 0.210 e. The number of rotatable bonds is 4. The molecule has 1 atom stereocenters. The molecule has 0 saturated heterocycles. The normalized spacial score (nSPS) is 13.3. The van der Waals surface area contributed by atoms with Crippen molar-refractivity contribution < 1.29 is 4.74 Å². The molecule has 0 heterocycles. The number of guanidine groups is 1. The molecule has 1 aromatic carbocycles. The molecule has 0 aliphatic rings. The van der Waals surface area contributed by atoms with Crippen LogP contribution in [0.1, 0.15) is 6.92 Å². The largest absolute Gasteiger partial charge is 0.380 e. The monoisotopic (exact) mass is 222 g/mol. The molecule has 5 nitrogen and oxygen atoms in total. The highest BCUT2D eigenvalue weighted by atomic mass is 16.5. The number of nitrogens with two attached hydrogens (primary N) is 1. The van der Waals surface area contributed by atoms with E-state index in [1.165, 1.54) is 0 Å². The Kier molecular flexibility index (Phi) is 5.31. The van der Waals surface area contributed by atoms with E-state index in [9.17, 15) is 0 Å². The van der Waals surface area contributed by atoms with Gasteiger partial charge in [-0.2, -0.15) is 0 Å². The summed E-state index contributed by atoms with van der Waals surface area (Å²) >= 11 is 0. The van der Waals surface area contributed by atoms with Crippen molar-refractivity contribution in [3.63, 3.8) is 0 Å². The van der Waals surface area contributed by atoms with Gasteiger partial charge in [0.15, 0.2) is 0 Å². The summed E-state index contributed by atoms with van der Waals surface area (Å²) in [6.45, 7) is 2.50. The molecule has 0 aliphatic heterocycles. The minimum absolute atomic E-state index is 0.0703. The average molecular weight is 222 g/mol. The second kappa shape index (κ2) is 6.81. The number of anilines is 1. The molecular formula is C11H18N4O. The minimum Gasteiger partial charge on any atom is -0.380 e. The summed E-state index contributed by atoms with van der Waals surface area (Å²) in [7, 11) is 1.65. The summed E-state index contributed by atoms with van der Waals surface area (Å²) in [5, 5.41) is 3.07. The van der Waals surface area contributed by atoms with Crippen molar-refractivity contribution in [3.8, 4) is 0 Å². The standard InChI is InChI=1S/C11H18N4O/c1-9(16-2)8-13-11(15-12)14-10-6-4-3-5-7-10/h3-7,9H,8,12H2,1-2H3,(H2,13,14,15). The maximum Gasteiger partial charge on any atom is 0.210 e. The van der Waals surface area contributed by atoms with Gasteiger partial charge in [0, 0.05) is 12.8 Å². The summed E-state index contributed by atoms with van der Waals surface area (Å²) in [5.74, 6) is 5.89. The maximum absolute atomic E-state index is 5.36. The summed E-state index contributed by atoms with van der Waals surface area (Å²) in [6.07, 6.45) is 0.0703. The van der Waals surface area contributed by atoms with E-state index >= 15 is 0 Å². The zero-order valence-corrected chi connectivity index (χ0v) is 9.60. The average Bonchev–Trinajstić information content (AvgIpc) is 2.35. The first-order chi connectivity index (χ1) is 7.76. The van der Waals surface area contributed by atoms with E-state index in [1.807, 2.05) is 37.3 Å². The predicted octanol–water partition coefficient (Wildman–Crippen LogP) is 0.953. The van der Waals surface area contributed by atoms with Crippen LogP contribution in [-0.4, -0.2) is 25.7 Å². The lowest BCUT2D eigenvalue weighted by atomic mass is 10.3. The minimum atomic E-state index is 0.0703. The van der Waals surface area contributed by atoms with Crippen molar-refractivity contribution >= 4 is 11.6 Å². The number of nitrogens with zero attached hydrogens (tertiary/aromatic N) is 1. The zero-order chi connectivity index (χ0) is 11.8. The number of methoxy groups -OCH3 is 1. The lowest BCUT2D eigenvalue weighted by Crippen LogP contribution is -2.36. The number of hydrogen-bond acceptors (Lipinski definition) is 3. The van der Waals surface area contributed by atoms with E-state index in [-0.39, 0.29) is 6.10 Å². The van der Waals surface area contributed by atoms with Gasteiger partial charge in [-0.25, -0.2) is 10.8 Å². The predicted molar refractivity (Wildman–Crippen MR) is 66.2 cm³/mol. The van der Waals surface area contributed by atoms with Crippen molar-refractivity contribution in [1.82, 2.24) is 5.43 Å². The highest BCUT2D eigenvalue weighted by molar-refractivity contribution is 5.93. The Bertz CT molecular complexity index is 326. The zero-order valence-electron chi connectivity index (χ0n) is 9.60. The molecular weight excluding hydrogens is 204 g/mol. The second-order valence-electron chi connectivity index (χ2n) is 3.37. The van der Waals surface area contributed by atoms with Gasteiger partial charge in [-0.1, -0.05) is 18.2 Å². The topological polar surface area (TPSA) is 71.7 Å². The summed E-state index contributed by atoms with van der Waals surface area (Å²) in [4.78, 5) is 4.25. The molecule has 0 saturated carbocycles. The Hall–Kier alpha value is -1.59. The van der Waals surface area contributed by atoms with Gasteiger partial charge in [0.25, 0.3) is 0 Å². The quantitative estimate of drug-likeness (QED) is 0.307. The molecule has 16 heavy (non-hydrogen) atoms. The van der Waals surface area contributed by atoms with Gasteiger partial charge in [0.2, 0.25) is 5.96 Å². The molecule has 1 rings (SSSR count). The van der Waals surface area contributed by atoms with E-state index < -0.39 is 0 Å². The first-order valence-corrected chi connectivity index (χ1v) is 5.12. The number of aliphatic imine (C=N–C) groups is 1. The van der Waals surface area contributed by atoms with Crippen LogP contribution in [0.3, 0.4) is 0 Å². The third-order valence-electron chi connectivity index (χ3n) is 2.08. The van der Waals surface area contributed by atoms with Gasteiger partial charge in [-0.05, 0) is 19.1 Å². The highest BCUT2D eigenvalue weighted by Gasteiger charge is 2.00. The number of benzene rings is 1. The third-order valence-corrected chi connectivity index (χ3v) is 2.08. The number of para-hydroxylation sites is 1. The second-order valence-corrected chi connectivity index (χ2v) is 3.37. The summed E-state index contributed by atoms with van der Waals surface area (Å²) in [5.41, 5.74) is 3.45. The van der Waals surface area contributed by atoms with Crippen LogP contribution in [0.15, 0.2) is 35.3 Å². The van der Waals surface area contributed by atoms with Gasteiger partial charge >= 0.3 is 0 Å². The number of ether oxygens (including phenoxy) is 1. The van der Waals surface area contributed by atoms with Gasteiger partial charge in [-0.3, -0.25) is 5.43 Å². The van der Waals surface area contributed by atoms with Crippen LogP contribution in [0.25, 0.3) is 0 Å². The van der Waals surface area contributed by atoms with Gasteiger partial charge in [0.1, 0.15) is 0 Å². The molecule has 0 aliphatic carbocycles. The number of hydrazine groups is 1. The lowest BCUT2D eigenvalue weighted by molar-refractivity contribution is 0.125. The molecule has 0 fully saturated rings. The van der Waals surface area contributed by atoms with E-state index in [0.717, 1.165) is 5.69 Å². The van der Waals surface area contributed by atoms with E-state index in [0.29, 0.717) is 12.5 Å². The Morgan fingerprint density at radius 1 is 1.44 bits per heavy atom. The molecule has 0 aromatic heterocycles. The van der Waals surface area contributed by atoms with Crippen molar-refractivity contribution in [2.24, 2.45) is 10.8 Å². The van der Waals surface area contributed by atoms with E-state index in [4.69, 9.17) is 10.6 Å². The van der Waals surface area contributed by atoms with Gasteiger partial charge in [0.05, 0.1) is 12.6 Å². The lowest BCUT2D eigenvalue weighted by Gasteiger charge is -2.10. The molecule has 0 amide bonds. The summed E-state index contributed by atoms with van der Waals surface area (Å²) < 4.78 is 5.09. The molecule has 5 heteroatoms. The van der Waals surface area contributed by atoms with Crippen LogP contribution in [-0.2, 0) is 4.74 Å². The fourth-order valence-corrected chi connectivity index (χ4v) is 1.07. The first-order valence-electron chi connectivity index (χ1n) is 5.12.